The molecule has 0 bridgehead atoms. The molecule has 0 spiro atoms. The average Bonchev–Trinajstić information content (AvgIpc) is 2.66. The van der Waals surface area contributed by atoms with E-state index >= 15 is 0 Å². The molecule has 3 rings (SSSR count). The first kappa shape index (κ1) is 16.3. The lowest BCUT2D eigenvalue weighted by molar-refractivity contribution is -0.0514. The van der Waals surface area contributed by atoms with Crippen molar-refractivity contribution in [2.75, 3.05) is 19.8 Å². The van der Waals surface area contributed by atoms with E-state index in [1.807, 2.05) is 27.7 Å². The Morgan fingerprint density at radius 1 is 1.30 bits per heavy atom. The standard InChI is InChI=1S/C16H21BN2O4/c1-15(2)16(3,4)23-17(22-15)13-5-12(6-18)14(19-7-13)21-10-11-8-20-9-11/h5,7,11H,8-10H2,1-4H3. The molecular formula is C16H21BN2O4. The molecule has 2 aliphatic heterocycles. The van der Waals surface area contributed by atoms with E-state index in [0.717, 1.165) is 5.46 Å². The highest BCUT2D eigenvalue weighted by Crippen LogP contribution is 2.36. The molecule has 2 fully saturated rings. The maximum Gasteiger partial charge on any atom is 0.496 e. The summed E-state index contributed by atoms with van der Waals surface area (Å²) in [6.07, 6.45) is 1.65. The predicted molar refractivity (Wildman–Crippen MR) is 84.5 cm³/mol. The molecule has 1 aromatic rings. The Morgan fingerprint density at radius 2 is 1.96 bits per heavy atom. The van der Waals surface area contributed by atoms with E-state index in [1.165, 1.54) is 0 Å². The van der Waals surface area contributed by atoms with Gasteiger partial charge in [0.15, 0.2) is 0 Å². The minimum Gasteiger partial charge on any atom is -0.476 e. The first-order valence-corrected chi connectivity index (χ1v) is 7.78. The van der Waals surface area contributed by atoms with Crippen LogP contribution in [0.3, 0.4) is 0 Å². The lowest BCUT2D eigenvalue weighted by atomic mass is 9.80. The summed E-state index contributed by atoms with van der Waals surface area (Å²) in [7, 11) is -0.534. The van der Waals surface area contributed by atoms with E-state index in [4.69, 9.17) is 18.8 Å². The molecule has 0 radical (unpaired) electrons. The highest BCUT2D eigenvalue weighted by Gasteiger charge is 2.51. The van der Waals surface area contributed by atoms with E-state index in [-0.39, 0.29) is 0 Å². The van der Waals surface area contributed by atoms with Crippen LogP contribution in [0.2, 0.25) is 0 Å². The van der Waals surface area contributed by atoms with E-state index in [2.05, 4.69) is 11.1 Å². The number of pyridine rings is 1. The third-order valence-corrected chi connectivity index (χ3v) is 4.68. The van der Waals surface area contributed by atoms with Crippen LogP contribution in [0.15, 0.2) is 12.3 Å². The van der Waals surface area contributed by atoms with E-state index in [9.17, 15) is 5.26 Å². The van der Waals surface area contributed by atoms with Crippen LogP contribution in [0.4, 0.5) is 0 Å². The molecule has 122 valence electrons. The number of hydrogen-bond acceptors (Lipinski definition) is 6. The fourth-order valence-electron chi connectivity index (χ4n) is 2.35. The monoisotopic (exact) mass is 316 g/mol. The first-order valence-electron chi connectivity index (χ1n) is 7.78. The van der Waals surface area contributed by atoms with Gasteiger partial charge >= 0.3 is 7.12 Å². The molecule has 3 heterocycles. The van der Waals surface area contributed by atoms with Crippen LogP contribution in [0.25, 0.3) is 0 Å². The van der Waals surface area contributed by atoms with Gasteiger partial charge in [-0.3, -0.25) is 0 Å². The van der Waals surface area contributed by atoms with Crippen molar-refractivity contribution in [3.8, 4) is 11.9 Å². The Kier molecular flexibility index (Phi) is 4.09. The van der Waals surface area contributed by atoms with Crippen LogP contribution in [0, 0.1) is 17.2 Å². The van der Waals surface area contributed by atoms with Crippen molar-refractivity contribution in [1.29, 1.82) is 5.26 Å². The van der Waals surface area contributed by atoms with Crippen molar-refractivity contribution >= 4 is 12.6 Å². The maximum absolute atomic E-state index is 9.35. The topological polar surface area (TPSA) is 73.6 Å². The summed E-state index contributed by atoms with van der Waals surface area (Å²) in [4.78, 5) is 4.27. The Balaban J connectivity index is 1.75. The van der Waals surface area contributed by atoms with Gasteiger partial charge < -0.3 is 18.8 Å². The molecule has 23 heavy (non-hydrogen) atoms. The van der Waals surface area contributed by atoms with Crippen molar-refractivity contribution in [2.24, 2.45) is 5.92 Å². The van der Waals surface area contributed by atoms with Gasteiger partial charge in [-0.15, -0.1) is 0 Å². The first-order chi connectivity index (χ1) is 10.8. The van der Waals surface area contributed by atoms with Crippen LogP contribution in [0.5, 0.6) is 5.88 Å². The molecule has 6 nitrogen and oxygen atoms in total. The number of ether oxygens (including phenoxy) is 2. The Bertz CT molecular complexity index is 621. The summed E-state index contributed by atoms with van der Waals surface area (Å²) < 4.78 is 22.7. The second kappa shape index (κ2) is 5.79. The quantitative estimate of drug-likeness (QED) is 0.779. The van der Waals surface area contributed by atoms with E-state index in [1.54, 1.807) is 12.3 Å². The molecular weight excluding hydrogens is 295 g/mol. The lowest BCUT2D eigenvalue weighted by Crippen LogP contribution is -2.41. The third-order valence-electron chi connectivity index (χ3n) is 4.68. The maximum atomic E-state index is 9.35. The summed E-state index contributed by atoms with van der Waals surface area (Å²) in [5.74, 6) is 0.728. The van der Waals surface area contributed by atoms with Gasteiger partial charge in [-0.05, 0) is 33.8 Å². The predicted octanol–water partition coefficient (Wildman–Crippen LogP) is 1.28. The number of hydrogen-bond donors (Lipinski definition) is 0. The van der Waals surface area contributed by atoms with Crippen LogP contribution in [-0.4, -0.2) is 43.1 Å². The van der Waals surface area contributed by atoms with Crippen LogP contribution in [0.1, 0.15) is 33.3 Å². The highest BCUT2D eigenvalue weighted by atomic mass is 16.7. The fraction of sp³-hybridized carbons (Fsp3) is 0.625. The van der Waals surface area contributed by atoms with Crippen LogP contribution >= 0.6 is 0 Å². The fourth-order valence-corrected chi connectivity index (χ4v) is 2.35. The van der Waals surface area contributed by atoms with Crippen molar-refractivity contribution in [3.05, 3.63) is 17.8 Å². The van der Waals surface area contributed by atoms with Crippen molar-refractivity contribution in [3.63, 3.8) is 0 Å². The van der Waals surface area contributed by atoms with Gasteiger partial charge in [0.1, 0.15) is 11.6 Å². The Hall–Kier alpha value is -1.62. The van der Waals surface area contributed by atoms with Gasteiger partial charge in [-0.2, -0.15) is 5.26 Å². The zero-order valence-corrected chi connectivity index (χ0v) is 14.0. The Labute approximate surface area is 136 Å². The molecule has 0 saturated carbocycles. The molecule has 0 unspecified atom stereocenters. The molecule has 2 aliphatic rings. The molecule has 0 aliphatic carbocycles. The highest BCUT2D eigenvalue weighted by molar-refractivity contribution is 6.62. The van der Waals surface area contributed by atoms with Crippen molar-refractivity contribution in [2.45, 2.75) is 38.9 Å². The zero-order chi connectivity index (χ0) is 16.7. The molecule has 2 saturated heterocycles. The number of nitriles is 1. The minimum atomic E-state index is -0.534. The summed E-state index contributed by atoms with van der Waals surface area (Å²) >= 11 is 0. The molecule has 0 atom stereocenters. The summed E-state index contributed by atoms with van der Waals surface area (Å²) in [6.45, 7) is 9.88. The van der Waals surface area contributed by atoms with E-state index < -0.39 is 18.3 Å². The summed E-state index contributed by atoms with van der Waals surface area (Å²) in [5.41, 5.74) is 0.255. The smallest absolute Gasteiger partial charge is 0.476 e. The SMILES string of the molecule is CC1(C)OB(c2cnc(OCC3COC3)c(C#N)c2)OC1(C)C. The molecule has 1 aromatic heterocycles. The summed E-state index contributed by atoms with van der Waals surface area (Å²) in [5, 5.41) is 9.35. The van der Waals surface area contributed by atoms with Gasteiger partial charge in [0.25, 0.3) is 0 Å². The average molecular weight is 316 g/mol. The zero-order valence-electron chi connectivity index (χ0n) is 14.0. The lowest BCUT2D eigenvalue weighted by Gasteiger charge is -2.32. The van der Waals surface area contributed by atoms with Gasteiger partial charge in [0.05, 0.1) is 31.0 Å². The second-order valence-corrected chi connectivity index (χ2v) is 7.04. The normalized spacial score (nSPS) is 22.5. The van der Waals surface area contributed by atoms with Gasteiger partial charge in [0.2, 0.25) is 5.88 Å². The van der Waals surface area contributed by atoms with Crippen LogP contribution in [-0.2, 0) is 14.0 Å². The minimum absolute atomic E-state index is 0.347. The Morgan fingerprint density at radius 3 is 2.48 bits per heavy atom. The number of aromatic nitrogens is 1. The second-order valence-electron chi connectivity index (χ2n) is 7.04. The number of rotatable bonds is 4. The van der Waals surface area contributed by atoms with Gasteiger partial charge in [-0.25, -0.2) is 4.98 Å². The van der Waals surface area contributed by atoms with Crippen molar-refractivity contribution in [1.82, 2.24) is 4.98 Å². The molecule has 7 heteroatoms. The van der Waals surface area contributed by atoms with Gasteiger partial charge in [-0.1, -0.05) is 0 Å². The third kappa shape index (κ3) is 3.07. The molecule has 0 N–H and O–H groups in total. The van der Waals surface area contributed by atoms with Gasteiger partial charge in [0, 0.05) is 17.6 Å². The van der Waals surface area contributed by atoms with Crippen LogP contribution < -0.4 is 10.2 Å². The number of nitrogens with zero attached hydrogens (tertiary/aromatic N) is 2. The largest absolute Gasteiger partial charge is 0.496 e. The van der Waals surface area contributed by atoms with E-state index in [0.29, 0.717) is 37.2 Å². The molecule has 0 aromatic carbocycles. The van der Waals surface area contributed by atoms with Crippen molar-refractivity contribution < 1.29 is 18.8 Å². The molecule has 0 amide bonds. The summed E-state index contributed by atoms with van der Waals surface area (Å²) in [6, 6.07) is 3.85.